The van der Waals surface area contributed by atoms with Gasteiger partial charge in [0.05, 0.1) is 12.7 Å². The summed E-state index contributed by atoms with van der Waals surface area (Å²) in [6.45, 7) is 1.58. The van der Waals surface area contributed by atoms with Gasteiger partial charge in [-0.1, -0.05) is 45.4 Å². The first-order valence-electron chi connectivity index (χ1n) is 12.0. The first kappa shape index (κ1) is 27.1. The smallest absolute Gasteiger partial charge is 0.303 e. The summed E-state index contributed by atoms with van der Waals surface area (Å²) in [5.41, 5.74) is 0. The molecule has 1 aliphatic carbocycles. The Labute approximate surface area is 189 Å². The van der Waals surface area contributed by atoms with Crippen molar-refractivity contribution in [1.82, 2.24) is 0 Å². The maximum Gasteiger partial charge on any atom is 0.303 e. The molecule has 1 saturated heterocycles. The van der Waals surface area contributed by atoms with Crippen LogP contribution in [0.1, 0.15) is 77.6 Å². The van der Waals surface area contributed by atoms with Gasteiger partial charge >= 0.3 is 5.97 Å². The third-order valence-corrected chi connectivity index (χ3v) is 6.76. The number of hydrogen-bond donors (Lipinski definition) is 5. The lowest BCUT2D eigenvalue weighted by Crippen LogP contribution is -2.59. The van der Waals surface area contributed by atoms with Crippen LogP contribution in [0.5, 0.6) is 0 Å². The standard InChI is InChI=1S/C23H40O9/c1-2-3-6-10-15-14(9-7-4-5-8-11-19(26)27)16(25)12-17(15)31-23-22(30)21(29)20(28)18(13-24)32-23/h14-15,17-18,20-24,28-30H,2-13H2,1H3,(H,26,27)/t14?,15?,17?,18-,20-,21+,22-,23?/m1/s1. The number of Topliss-reactive ketones (excluding diaryl/α,β-unsaturated/α-hetero) is 1. The summed E-state index contributed by atoms with van der Waals surface area (Å²) < 4.78 is 11.5. The van der Waals surface area contributed by atoms with Crippen molar-refractivity contribution in [3.63, 3.8) is 0 Å². The molecule has 0 aromatic rings. The average molecular weight is 461 g/mol. The largest absolute Gasteiger partial charge is 0.481 e. The van der Waals surface area contributed by atoms with E-state index in [2.05, 4.69) is 6.92 Å². The maximum atomic E-state index is 12.8. The molecule has 2 rings (SSSR count). The van der Waals surface area contributed by atoms with Gasteiger partial charge in [0.15, 0.2) is 6.29 Å². The van der Waals surface area contributed by atoms with Gasteiger partial charge in [0.25, 0.3) is 0 Å². The molecule has 4 unspecified atom stereocenters. The Morgan fingerprint density at radius 2 is 1.69 bits per heavy atom. The molecule has 1 aliphatic heterocycles. The number of aliphatic carboxylic acids is 1. The van der Waals surface area contributed by atoms with Crippen molar-refractivity contribution >= 4 is 11.8 Å². The Morgan fingerprint density at radius 3 is 2.34 bits per heavy atom. The second-order valence-corrected chi connectivity index (χ2v) is 9.16. The zero-order valence-electron chi connectivity index (χ0n) is 19.0. The second-order valence-electron chi connectivity index (χ2n) is 9.16. The molecular formula is C23H40O9. The van der Waals surface area contributed by atoms with Crippen molar-refractivity contribution in [3.05, 3.63) is 0 Å². The van der Waals surface area contributed by atoms with Gasteiger partial charge in [0.1, 0.15) is 30.2 Å². The van der Waals surface area contributed by atoms with Gasteiger partial charge in [-0.25, -0.2) is 0 Å². The van der Waals surface area contributed by atoms with Gasteiger partial charge in [-0.05, 0) is 25.2 Å². The molecule has 9 nitrogen and oxygen atoms in total. The van der Waals surface area contributed by atoms with Crippen LogP contribution < -0.4 is 0 Å². The Bertz CT molecular complexity index is 582. The lowest BCUT2D eigenvalue weighted by molar-refractivity contribution is -0.314. The summed E-state index contributed by atoms with van der Waals surface area (Å²) in [5, 5.41) is 48.4. The normalized spacial score (nSPS) is 35.3. The predicted octanol–water partition coefficient (Wildman–Crippen LogP) is 1.38. The minimum absolute atomic E-state index is 0.0274. The molecule has 0 aromatic heterocycles. The molecule has 186 valence electrons. The van der Waals surface area contributed by atoms with E-state index >= 15 is 0 Å². The molecule has 5 N–H and O–H groups in total. The maximum absolute atomic E-state index is 12.8. The Morgan fingerprint density at radius 1 is 1.00 bits per heavy atom. The van der Waals surface area contributed by atoms with E-state index in [4.69, 9.17) is 14.6 Å². The molecule has 8 atom stereocenters. The lowest BCUT2D eigenvalue weighted by atomic mass is 9.85. The van der Waals surface area contributed by atoms with Gasteiger partial charge in [-0.2, -0.15) is 0 Å². The van der Waals surface area contributed by atoms with Crippen LogP contribution >= 0.6 is 0 Å². The highest BCUT2D eigenvalue weighted by Gasteiger charge is 2.48. The fourth-order valence-electron chi connectivity index (χ4n) is 4.89. The molecule has 1 heterocycles. The van der Waals surface area contributed by atoms with E-state index in [-0.39, 0.29) is 30.5 Å². The Kier molecular flexibility index (Phi) is 11.5. The fraction of sp³-hybridized carbons (Fsp3) is 0.913. The molecule has 2 aliphatic rings. The topological polar surface area (TPSA) is 154 Å². The predicted molar refractivity (Wildman–Crippen MR) is 115 cm³/mol. The fourth-order valence-corrected chi connectivity index (χ4v) is 4.89. The van der Waals surface area contributed by atoms with Crippen LogP contribution in [0.15, 0.2) is 0 Å². The highest BCUT2D eigenvalue weighted by Crippen LogP contribution is 2.40. The summed E-state index contributed by atoms with van der Waals surface area (Å²) in [7, 11) is 0. The van der Waals surface area contributed by atoms with Crippen LogP contribution in [0.25, 0.3) is 0 Å². The zero-order valence-corrected chi connectivity index (χ0v) is 19.0. The molecule has 32 heavy (non-hydrogen) atoms. The minimum atomic E-state index is -1.51. The van der Waals surface area contributed by atoms with E-state index in [1.165, 1.54) is 0 Å². The van der Waals surface area contributed by atoms with Crippen LogP contribution in [0, 0.1) is 11.8 Å². The third kappa shape index (κ3) is 7.46. The summed E-state index contributed by atoms with van der Waals surface area (Å²) in [6, 6.07) is 0. The van der Waals surface area contributed by atoms with Gasteiger partial charge in [0.2, 0.25) is 0 Å². The van der Waals surface area contributed by atoms with Crippen LogP contribution in [-0.2, 0) is 19.1 Å². The number of carbonyl (C=O) groups is 2. The number of carbonyl (C=O) groups excluding carboxylic acids is 1. The van der Waals surface area contributed by atoms with Crippen LogP contribution in [0.3, 0.4) is 0 Å². The third-order valence-electron chi connectivity index (χ3n) is 6.76. The number of carboxylic acids is 1. The van der Waals surface area contributed by atoms with Crippen molar-refractivity contribution in [1.29, 1.82) is 0 Å². The average Bonchev–Trinajstić information content (AvgIpc) is 3.05. The summed E-state index contributed by atoms with van der Waals surface area (Å²) >= 11 is 0. The van der Waals surface area contributed by atoms with Crippen LogP contribution in [0.2, 0.25) is 0 Å². The molecule has 2 fully saturated rings. The van der Waals surface area contributed by atoms with Gasteiger partial charge in [-0.15, -0.1) is 0 Å². The quantitative estimate of drug-likeness (QED) is 0.242. The van der Waals surface area contributed by atoms with Crippen LogP contribution in [0.4, 0.5) is 0 Å². The van der Waals surface area contributed by atoms with E-state index in [9.17, 15) is 30.0 Å². The molecule has 0 bridgehead atoms. The van der Waals surface area contributed by atoms with Gasteiger partial charge in [-0.3, -0.25) is 9.59 Å². The van der Waals surface area contributed by atoms with Crippen molar-refractivity contribution in [2.24, 2.45) is 11.8 Å². The summed E-state index contributed by atoms with van der Waals surface area (Å²) in [6.07, 6.45) is 0.934. The Hall–Kier alpha value is -1.10. The van der Waals surface area contributed by atoms with Crippen molar-refractivity contribution in [2.45, 2.75) is 114 Å². The number of unbranched alkanes of at least 4 members (excludes halogenated alkanes) is 5. The zero-order chi connectivity index (χ0) is 23.7. The molecular weight excluding hydrogens is 420 g/mol. The van der Waals surface area contributed by atoms with Gasteiger partial charge < -0.3 is 35.0 Å². The van der Waals surface area contributed by atoms with E-state index in [1.54, 1.807) is 0 Å². The molecule has 0 spiro atoms. The highest BCUT2D eigenvalue weighted by molar-refractivity contribution is 5.84. The summed E-state index contributed by atoms with van der Waals surface area (Å²) in [4.78, 5) is 23.4. The molecule has 0 aromatic carbocycles. The number of ether oxygens (including phenoxy) is 2. The number of aliphatic hydroxyl groups excluding tert-OH is 4. The van der Waals surface area contributed by atoms with Crippen molar-refractivity contribution in [3.8, 4) is 0 Å². The molecule has 0 radical (unpaired) electrons. The second kappa shape index (κ2) is 13.6. The summed E-state index contributed by atoms with van der Waals surface area (Å²) in [5.74, 6) is -0.853. The molecule has 9 heteroatoms. The number of hydrogen-bond acceptors (Lipinski definition) is 8. The van der Waals surface area contributed by atoms with E-state index in [1.807, 2.05) is 0 Å². The van der Waals surface area contributed by atoms with Crippen LogP contribution in [-0.4, -0.2) is 80.7 Å². The minimum Gasteiger partial charge on any atom is -0.481 e. The molecule has 0 amide bonds. The first-order chi connectivity index (χ1) is 15.3. The lowest BCUT2D eigenvalue weighted by Gasteiger charge is -2.41. The first-order valence-corrected chi connectivity index (χ1v) is 12.0. The van der Waals surface area contributed by atoms with Crippen molar-refractivity contribution < 1.29 is 44.6 Å². The van der Waals surface area contributed by atoms with E-state index in [0.717, 1.165) is 51.4 Å². The number of carboxylic acid groups (broad SMARTS) is 1. The Balaban J connectivity index is 1.97. The highest BCUT2D eigenvalue weighted by atomic mass is 16.7. The molecule has 1 saturated carbocycles. The number of aliphatic hydroxyl groups is 4. The number of rotatable bonds is 14. The van der Waals surface area contributed by atoms with E-state index < -0.39 is 49.4 Å². The van der Waals surface area contributed by atoms with Gasteiger partial charge in [0, 0.05) is 18.8 Å². The monoisotopic (exact) mass is 460 g/mol. The van der Waals surface area contributed by atoms with E-state index in [0.29, 0.717) is 6.42 Å². The van der Waals surface area contributed by atoms with Crippen molar-refractivity contribution in [2.75, 3.05) is 6.61 Å². The number of ketones is 1. The SMILES string of the molecule is CCCCCC1C(OC2O[C@H](CO)[C@@H](O)[C@H](O)[C@H]2O)CC(=O)C1CCCCCCC(=O)O.